The van der Waals surface area contributed by atoms with Gasteiger partial charge in [0.2, 0.25) is 0 Å². The lowest BCUT2D eigenvalue weighted by atomic mass is 10.1. The monoisotopic (exact) mass is 340 g/mol. The lowest BCUT2D eigenvalue weighted by Crippen LogP contribution is -2.36. The summed E-state index contributed by atoms with van der Waals surface area (Å²) < 4.78 is 11.5. The van der Waals surface area contributed by atoms with Crippen LogP contribution in [0.2, 0.25) is 0 Å². The van der Waals surface area contributed by atoms with Crippen molar-refractivity contribution >= 4 is 5.91 Å². The van der Waals surface area contributed by atoms with Crippen LogP contribution in [0.25, 0.3) is 0 Å². The van der Waals surface area contributed by atoms with E-state index in [1.54, 1.807) is 6.07 Å². The molecule has 6 heteroatoms. The van der Waals surface area contributed by atoms with Crippen molar-refractivity contribution in [2.75, 3.05) is 13.2 Å². The summed E-state index contributed by atoms with van der Waals surface area (Å²) in [6.45, 7) is 0.873. The molecule has 2 heterocycles. The average molecular weight is 340 g/mol. The molecule has 2 aliphatic rings. The van der Waals surface area contributed by atoms with Gasteiger partial charge in [-0.2, -0.15) is 0 Å². The van der Waals surface area contributed by atoms with Gasteiger partial charge in [0, 0.05) is 18.7 Å². The Morgan fingerprint density at radius 2 is 2.08 bits per heavy atom. The van der Waals surface area contributed by atoms with Crippen LogP contribution in [0.4, 0.5) is 0 Å². The fraction of sp³-hybridized carbons (Fsp3) is 0.368. The van der Waals surface area contributed by atoms with Gasteiger partial charge in [-0.15, -0.1) is 0 Å². The summed E-state index contributed by atoms with van der Waals surface area (Å²) in [6.07, 6.45) is 3.32. The molecule has 0 saturated carbocycles. The molecule has 0 bridgehead atoms. The third kappa shape index (κ3) is 3.24. The average Bonchev–Trinajstić information content (AvgIpc) is 3.08. The molecule has 2 aromatic rings. The molecular formula is C19H20N2O4. The van der Waals surface area contributed by atoms with E-state index in [-0.39, 0.29) is 23.1 Å². The molecule has 0 spiro atoms. The highest BCUT2D eigenvalue weighted by Crippen LogP contribution is 2.31. The predicted octanol–water partition coefficient (Wildman–Crippen LogP) is 1.82. The molecule has 25 heavy (non-hydrogen) atoms. The minimum Gasteiger partial charge on any atom is -0.486 e. The Bertz CT molecular complexity index is 859. The second kappa shape index (κ2) is 6.63. The lowest BCUT2D eigenvalue weighted by molar-refractivity contribution is 0.0812. The van der Waals surface area contributed by atoms with Crippen molar-refractivity contribution in [1.82, 2.24) is 10.3 Å². The molecular weight excluding hydrogens is 320 g/mol. The van der Waals surface area contributed by atoms with E-state index in [2.05, 4.69) is 10.3 Å². The second-order valence-corrected chi connectivity index (χ2v) is 6.41. The maximum atomic E-state index is 12.3. The number of ether oxygens (including phenoxy) is 2. The molecule has 1 aromatic carbocycles. The first-order valence-electron chi connectivity index (χ1n) is 8.62. The number of benzene rings is 1. The van der Waals surface area contributed by atoms with Gasteiger partial charge in [-0.25, -0.2) is 0 Å². The number of aromatic nitrogens is 1. The minimum absolute atomic E-state index is 0.117. The predicted molar refractivity (Wildman–Crippen MR) is 92.4 cm³/mol. The molecule has 0 saturated heterocycles. The highest BCUT2D eigenvalue weighted by Gasteiger charge is 2.21. The second-order valence-electron chi connectivity index (χ2n) is 6.41. The van der Waals surface area contributed by atoms with Crippen LogP contribution in [0.5, 0.6) is 11.5 Å². The summed E-state index contributed by atoms with van der Waals surface area (Å²) in [5, 5.41) is 2.81. The van der Waals surface area contributed by atoms with Gasteiger partial charge in [-0.3, -0.25) is 9.59 Å². The molecule has 1 aliphatic carbocycles. The molecule has 6 nitrogen and oxygen atoms in total. The van der Waals surface area contributed by atoms with Gasteiger partial charge in [-0.05, 0) is 43.0 Å². The highest BCUT2D eigenvalue weighted by molar-refractivity contribution is 5.94. The number of carbonyl (C=O) groups excluding carboxylic acids is 1. The number of rotatable bonds is 4. The Labute approximate surface area is 145 Å². The highest BCUT2D eigenvalue weighted by atomic mass is 16.6. The van der Waals surface area contributed by atoms with Crippen molar-refractivity contribution in [1.29, 1.82) is 0 Å². The maximum Gasteiger partial charge on any atom is 0.261 e. The van der Waals surface area contributed by atoms with E-state index in [4.69, 9.17) is 9.47 Å². The summed E-state index contributed by atoms with van der Waals surface area (Å²) in [6, 6.07) is 9.26. The van der Waals surface area contributed by atoms with Gasteiger partial charge in [0.1, 0.15) is 18.3 Å². The number of hydrogen-bond donors (Lipinski definition) is 2. The largest absolute Gasteiger partial charge is 0.486 e. The van der Waals surface area contributed by atoms with E-state index >= 15 is 0 Å². The molecule has 1 amide bonds. The van der Waals surface area contributed by atoms with Crippen LogP contribution in [0.15, 0.2) is 35.1 Å². The van der Waals surface area contributed by atoms with Crippen LogP contribution in [0.1, 0.15) is 34.5 Å². The zero-order chi connectivity index (χ0) is 17.2. The first-order chi connectivity index (χ1) is 12.2. The lowest BCUT2D eigenvalue weighted by Gasteiger charge is -2.26. The summed E-state index contributed by atoms with van der Waals surface area (Å²) in [7, 11) is 0. The molecule has 4 rings (SSSR count). The van der Waals surface area contributed by atoms with Gasteiger partial charge < -0.3 is 19.8 Å². The zero-order valence-corrected chi connectivity index (χ0v) is 13.8. The topological polar surface area (TPSA) is 80.4 Å². The number of pyridine rings is 1. The fourth-order valence-corrected chi connectivity index (χ4v) is 3.33. The third-order valence-corrected chi connectivity index (χ3v) is 4.65. The summed E-state index contributed by atoms with van der Waals surface area (Å²) in [5.41, 5.74) is 1.91. The molecule has 130 valence electrons. The number of H-pyrrole nitrogens is 1. The number of nitrogens with one attached hydrogen (secondary N) is 2. The van der Waals surface area contributed by atoms with Crippen molar-refractivity contribution in [2.45, 2.75) is 31.8 Å². The van der Waals surface area contributed by atoms with Crippen molar-refractivity contribution in [3.8, 4) is 11.5 Å². The van der Waals surface area contributed by atoms with Gasteiger partial charge in [0.25, 0.3) is 11.5 Å². The molecule has 1 atom stereocenters. The van der Waals surface area contributed by atoms with Crippen molar-refractivity contribution in [3.63, 3.8) is 0 Å². The Morgan fingerprint density at radius 3 is 2.96 bits per heavy atom. The number of fused-ring (bicyclic) bond motifs is 2. The Morgan fingerprint density at radius 1 is 1.24 bits per heavy atom. The van der Waals surface area contributed by atoms with E-state index in [1.807, 2.05) is 24.3 Å². The summed E-state index contributed by atoms with van der Waals surface area (Å²) in [5.74, 6) is 1.13. The molecule has 0 fully saturated rings. The minimum atomic E-state index is -0.340. The first kappa shape index (κ1) is 15.7. The van der Waals surface area contributed by atoms with E-state index < -0.39 is 0 Å². The fourth-order valence-electron chi connectivity index (χ4n) is 3.33. The standard InChI is InChI=1S/C19H20N2O4/c22-18(14-10-12-4-3-5-15(12)21-19(14)23)20-9-8-13-11-24-16-6-1-2-7-17(16)25-13/h1-2,6-7,10,13H,3-5,8-9,11H2,(H,20,22)(H,21,23)/t13-/m1/s1. The van der Waals surface area contributed by atoms with E-state index in [9.17, 15) is 9.59 Å². The molecule has 2 N–H and O–H groups in total. The Hall–Kier alpha value is -2.76. The smallest absolute Gasteiger partial charge is 0.261 e. The first-order valence-corrected chi connectivity index (χ1v) is 8.62. The number of amides is 1. The van der Waals surface area contributed by atoms with Crippen LogP contribution in [0, 0.1) is 0 Å². The third-order valence-electron chi connectivity index (χ3n) is 4.65. The normalized spacial score (nSPS) is 17.8. The molecule has 1 aliphatic heterocycles. The van der Waals surface area contributed by atoms with E-state index in [1.165, 1.54) is 0 Å². The number of carbonyl (C=O) groups is 1. The number of para-hydroxylation sites is 2. The van der Waals surface area contributed by atoms with Gasteiger partial charge in [0.15, 0.2) is 11.5 Å². The summed E-state index contributed by atoms with van der Waals surface area (Å²) in [4.78, 5) is 27.2. The Kier molecular flexibility index (Phi) is 4.17. The van der Waals surface area contributed by atoms with Crippen molar-refractivity contribution in [2.24, 2.45) is 0 Å². The zero-order valence-electron chi connectivity index (χ0n) is 13.8. The maximum absolute atomic E-state index is 12.3. The molecule has 1 aromatic heterocycles. The number of aromatic amines is 1. The van der Waals surface area contributed by atoms with Crippen LogP contribution in [-0.2, 0) is 12.8 Å². The SMILES string of the molecule is O=C(NCC[C@@H]1COc2ccccc2O1)c1cc2c([nH]c1=O)CCC2. The van der Waals surface area contributed by atoms with Crippen LogP contribution in [-0.4, -0.2) is 30.1 Å². The van der Waals surface area contributed by atoms with Crippen LogP contribution < -0.4 is 20.3 Å². The van der Waals surface area contributed by atoms with E-state index in [0.717, 1.165) is 42.0 Å². The summed E-state index contributed by atoms with van der Waals surface area (Å²) >= 11 is 0. The van der Waals surface area contributed by atoms with Gasteiger partial charge in [-0.1, -0.05) is 12.1 Å². The molecule has 0 unspecified atom stereocenters. The van der Waals surface area contributed by atoms with Crippen molar-refractivity contribution < 1.29 is 14.3 Å². The van der Waals surface area contributed by atoms with Crippen molar-refractivity contribution in [3.05, 3.63) is 57.5 Å². The van der Waals surface area contributed by atoms with Gasteiger partial charge in [0.05, 0.1) is 0 Å². The van der Waals surface area contributed by atoms with Gasteiger partial charge >= 0.3 is 0 Å². The van der Waals surface area contributed by atoms with E-state index in [0.29, 0.717) is 19.6 Å². The molecule has 0 radical (unpaired) electrons. The number of hydrogen-bond acceptors (Lipinski definition) is 4. The number of aryl methyl sites for hydroxylation is 2. The van der Waals surface area contributed by atoms with Crippen LogP contribution >= 0.6 is 0 Å². The van der Waals surface area contributed by atoms with Crippen LogP contribution in [0.3, 0.4) is 0 Å². The Balaban J connectivity index is 1.34. The quantitative estimate of drug-likeness (QED) is 0.890.